The molecular formula is C22H25N5O3. The number of hydrogen-bond donors (Lipinski definition) is 1. The normalized spacial score (nSPS) is 11.6. The van der Waals surface area contributed by atoms with Gasteiger partial charge >= 0.3 is 6.09 Å². The molecule has 2 aromatic carbocycles. The van der Waals surface area contributed by atoms with E-state index in [1.807, 2.05) is 67.6 Å². The number of nitrogens with one attached hydrogen (secondary N) is 1. The van der Waals surface area contributed by atoms with Crippen molar-refractivity contribution in [3.05, 3.63) is 77.6 Å². The number of alkyl carbamates (subject to hydrolysis) is 1. The molecule has 8 heteroatoms. The monoisotopic (exact) mass is 407 g/mol. The van der Waals surface area contributed by atoms with E-state index in [-0.39, 0.29) is 18.9 Å². The number of ether oxygens (including phenoxy) is 1. The molecule has 156 valence electrons. The Kier molecular flexibility index (Phi) is 7.65. The molecule has 1 heterocycles. The second kappa shape index (κ2) is 10.8. The van der Waals surface area contributed by atoms with Crippen molar-refractivity contribution in [2.75, 3.05) is 0 Å². The van der Waals surface area contributed by atoms with Gasteiger partial charge < -0.3 is 10.1 Å². The van der Waals surface area contributed by atoms with E-state index in [1.54, 1.807) is 0 Å². The molecule has 30 heavy (non-hydrogen) atoms. The first kappa shape index (κ1) is 21.2. The number of amides is 1. The van der Waals surface area contributed by atoms with Gasteiger partial charge in [-0.1, -0.05) is 67.6 Å². The van der Waals surface area contributed by atoms with Gasteiger partial charge in [-0.05, 0) is 34.4 Å². The Hall–Kier alpha value is -3.55. The summed E-state index contributed by atoms with van der Waals surface area (Å²) in [5.74, 6) is 0.455. The minimum Gasteiger partial charge on any atom is -0.445 e. The molecule has 3 rings (SSSR count). The van der Waals surface area contributed by atoms with Crippen LogP contribution in [0.5, 0.6) is 0 Å². The summed E-state index contributed by atoms with van der Waals surface area (Å²) >= 11 is 0. The van der Waals surface area contributed by atoms with Crippen LogP contribution in [0.25, 0.3) is 0 Å². The van der Waals surface area contributed by atoms with Crippen LogP contribution >= 0.6 is 0 Å². The fourth-order valence-electron chi connectivity index (χ4n) is 3.00. The molecule has 1 aromatic heterocycles. The summed E-state index contributed by atoms with van der Waals surface area (Å²) in [6, 6.07) is 18.7. The van der Waals surface area contributed by atoms with Crippen LogP contribution in [-0.2, 0) is 35.5 Å². The van der Waals surface area contributed by atoms with Gasteiger partial charge in [-0.25, -0.2) is 9.48 Å². The topological polar surface area (TPSA) is 99.0 Å². The zero-order valence-electron chi connectivity index (χ0n) is 16.9. The number of tetrazole rings is 1. The lowest BCUT2D eigenvalue weighted by Gasteiger charge is -2.16. The molecule has 0 saturated carbocycles. The van der Waals surface area contributed by atoms with Crippen LogP contribution < -0.4 is 5.32 Å². The first-order valence-electron chi connectivity index (χ1n) is 9.94. The summed E-state index contributed by atoms with van der Waals surface area (Å²) in [6.45, 7) is 1.97. The summed E-state index contributed by atoms with van der Waals surface area (Å²) in [4.78, 5) is 24.8. The maximum atomic E-state index is 12.7. The predicted molar refractivity (Wildman–Crippen MR) is 111 cm³/mol. The number of nitrogens with zero attached hydrogens (tertiary/aromatic N) is 4. The van der Waals surface area contributed by atoms with Crippen LogP contribution in [0, 0.1) is 0 Å². The summed E-state index contributed by atoms with van der Waals surface area (Å²) in [5.41, 5.74) is 2.05. The van der Waals surface area contributed by atoms with Crippen LogP contribution in [0.1, 0.15) is 30.3 Å². The van der Waals surface area contributed by atoms with Gasteiger partial charge in [0.05, 0.1) is 6.04 Å². The van der Waals surface area contributed by atoms with Crippen LogP contribution in [0.2, 0.25) is 0 Å². The highest BCUT2D eigenvalue weighted by molar-refractivity contribution is 5.87. The zero-order valence-corrected chi connectivity index (χ0v) is 16.9. The molecule has 1 amide bonds. The Morgan fingerprint density at radius 2 is 1.67 bits per heavy atom. The first-order valence-corrected chi connectivity index (χ1v) is 9.94. The third kappa shape index (κ3) is 6.23. The third-order valence-corrected chi connectivity index (χ3v) is 4.69. The van der Waals surface area contributed by atoms with E-state index in [0.29, 0.717) is 18.7 Å². The average Bonchev–Trinajstić information content (AvgIpc) is 3.22. The van der Waals surface area contributed by atoms with Gasteiger partial charge in [0, 0.05) is 6.42 Å². The standard InChI is InChI=1S/C22H25N5O3/c1-2-19(23-22(29)30-16-18-11-7-4-8-12-18)20(28)15-27-21(24-25-26-27)14-13-17-9-5-3-6-10-17/h3-12,19H,2,13-16H2,1H3,(H,23,29). The Balaban J connectivity index is 1.51. The fraction of sp³-hybridized carbons (Fsp3) is 0.318. The Bertz CT molecular complexity index is 944. The van der Waals surface area contributed by atoms with E-state index in [0.717, 1.165) is 12.0 Å². The number of hydrogen-bond acceptors (Lipinski definition) is 6. The van der Waals surface area contributed by atoms with E-state index in [9.17, 15) is 9.59 Å². The second-order valence-corrected chi connectivity index (χ2v) is 6.87. The molecule has 0 aliphatic rings. The molecule has 0 bridgehead atoms. The van der Waals surface area contributed by atoms with Crippen molar-refractivity contribution < 1.29 is 14.3 Å². The minimum atomic E-state index is -0.667. The highest BCUT2D eigenvalue weighted by Crippen LogP contribution is 2.06. The number of aromatic nitrogens is 4. The predicted octanol–water partition coefficient (Wildman–Crippen LogP) is 2.73. The lowest BCUT2D eigenvalue weighted by atomic mass is 10.1. The highest BCUT2D eigenvalue weighted by atomic mass is 16.5. The molecule has 1 atom stereocenters. The van der Waals surface area contributed by atoms with Crippen LogP contribution in [0.3, 0.4) is 0 Å². The molecule has 1 N–H and O–H groups in total. The van der Waals surface area contributed by atoms with Gasteiger partial charge in [0.25, 0.3) is 0 Å². The third-order valence-electron chi connectivity index (χ3n) is 4.69. The summed E-state index contributed by atoms with van der Waals surface area (Å²) in [7, 11) is 0. The van der Waals surface area contributed by atoms with Crippen molar-refractivity contribution >= 4 is 11.9 Å². The van der Waals surface area contributed by atoms with Crippen molar-refractivity contribution in [3.63, 3.8) is 0 Å². The zero-order chi connectivity index (χ0) is 21.2. The number of carbonyl (C=O) groups is 2. The van der Waals surface area contributed by atoms with Crippen molar-refractivity contribution in [2.45, 2.75) is 45.4 Å². The molecule has 0 saturated heterocycles. The van der Waals surface area contributed by atoms with Gasteiger partial charge in [-0.3, -0.25) is 4.79 Å². The number of ketones is 1. The van der Waals surface area contributed by atoms with E-state index in [4.69, 9.17) is 4.74 Å². The smallest absolute Gasteiger partial charge is 0.408 e. The molecule has 1 unspecified atom stereocenters. The quantitative estimate of drug-likeness (QED) is 0.555. The summed E-state index contributed by atoms with van der Waals surface area (Å²) < 4.78 is 6.70. The lowest BCUT2D eigenvalue weighted by molar-refractivity contribution is -0.121. The number of aryl methyl sites for hydroxylation is 2. The van der Waals surface area contributed by atoms with Gasteiger partial charge in [0.1, 0.15) is 13.2 Å². The van der Waals surface area contributed by atoms with Gasteiger partial charge in [0.2, 0.25) is 0 Å². The van der Waals surface area contributed by atoms with Crippen LogP contribution in [0.15, 0.2) is 60.7 Å². The maximum Gasteiger partial charge on any atom is 0.408 e. The number of carbonyl (C=O) groups excluding carboxylic acids is 2. The Morgan fingerprint density at radius 1 is 1.00 bits per heavy atom. The minimum absolute atomic E-state index is 0.00536. The molecule has 8 nitrogen and oxygen atoms in total. The fourth-order valence-corrected chi connectivity index (χ4v) is 3.00. The Labute approximate surface area is 175 Å². The van der Waals surface area contributed by atoms with E-state index in [2.05, 4.69) is 20.8 Å². The molecule has 0 spiro atoms. The summed E-state index contributed by atoms with van der Waals surface area (Å²) in [6.07, 6.45) is 1.21. The van der Waals surface area contributed by atoms with E-state index < -0.39 is 12.1 Å². The highest BCUT2D eigenvalue weighted by Gasteiger charge is 2.21. The molecule has 3 aromatic rings. The average molecular weight is 407 g/mol. The maximum absolute atomic E-state index is 12.7. The van der Waals surface area contributed by atoms with Crippen molar-refractivity contribution in [3.8, 4) is 0 Å². The largest absolute Gasteiger partial charge is 0.445 e. The van der Waals surface area contributed by atoms with Crippen LogP contribution in [-0.4, -0.2) is 38.1 Å². The van der Waals surface area contributed by atoms with Gasteiger partial charge in [0.15, 0.2) is 11.6 Å². The number of rotatable bonds is 10. The van der Waals surface area contributed by atoms with Gasteiger partial charge in [-0.15, -0.1) is 5.10 Å². The molecular weight excluding hydrogens is 382 g/mol. The van der Waals surface area contributed by atoms with Gasteiger partial charge in [-0.2, -0.15) is 0 Å². The first-order chi connectivity index (χ1) is 14.7. The number of Topliss-reactive ketones (excluding diaryl/α,β-unsaturated/α-hetero) is 1. The number of benzene rings is 2. The molecule has 0 aliphatic heterocycles. The second-order valence-electron chi connectivity index (χ2n) is 6.87. The molecule has 0 aliphatic carbocycles. The molecule has 0 fully saturated rings. The Morgan fingerprint density at radius 3 is 2.33 bits per heavy atom. The van der Waals surface area contributed by atoms with Crippen molar-refractivity contribution in [2.24, 2.45) is 0 Å². The molecule has 0 radical (unpaired) electrons. The summed E-state index contributed by atoms with van der Waals surface area (Å²) in [5, 5.41) is 14.3. The lowest BCUT2D eigenvalue weighted by Crippen LogP contribution is -2.42. The SMILES string of the molecule is CCC(NC(=O)OCc1ccccc1)C(=O)Cn1nnnc1CCc1ccccc1. The van der Waals surface area contributed by atoms with Crippen molar-refractivity contribution in [1.29, 1.82) is 0 Å². The van der Waals surface area contributed by atoms with E-state index in [1.165, 1.54) is 10.2 Å². The van der Waals surface area contributed by atoms with Crippen molar-refractivity contribution in [1.82, 2.24) is 25.5 Å². The van der Waals surface area contributed by atoms with Crippen LogP contribution in [0.4, 0.5) is 4.79 Å². The van der Waals surface area contributed by atoms with E-state index >= 15 is 0 Å².